The minimum Gasteiger partial charge on any atom is -0.460 e. The van der Waals surface area contributed by atoms with Gasteiger partial charge >= 0.3 is 12.1 Å². The molecule has 0 heterocycles. The molecule has 0 aromatic heterocycles. The van der Waals surface area contributed by atoms with Crippen LogP contribution in [0.3, 0.4) is 0 Å². The van der Waals surface area contributed by atoms with Gasteiger partial charge in [0.15, 0.2) is 0 Å². The number of hydrogen-bond donors (Lipinski definition) is 3. The maximum absolute atomic E-state index is 13.1. The second kappa shape index (κ2) is 13.6. The van der Waals surface area contributed by atoms with E-state index in [1.165, 1.54) is 0 Å². The van der Waals surface area contributed by atoms with E-state index in [0.29, 0.717) is 11.0 Å². The maximum atomic E-state index is 13.1. The molecule has 1 aromatic carbocycles. The van der Waals surface area contributed by atoms with E-state index >= 15 is 0 Å². The average Bonchev–Trinajstić information content (AvgIpc) is 2.72. The summed E-state index contributed by atoms with van der Waals surface area (Å²) in [5.41, 5.74) is 0.182. The lowest BCUT2D eigenvalue weighted by Gasteiger charge is -2.27. The lowest BCUT2D eigenvalue weighted by atomic mass is 10.0. The number of amides is 3. The van der Waals surface area contributed by atoms with E-state index in [4.69, 9.17) is 9.47 Å². The van der Waals surface area contributed by atoms with Crippen molar-refractivity contribution in [1.29, 1.82) is 0 Å². The normalized spacial score (nSPS) is 13.4. The highest BCUT2D eigenvalue weighted by molar-refractivity contribution is 9.08. The molecule has 1 rings (SSSR count). The van der Waals surface area contributed by atoms with Crippen LogP contribution in [0.25, 0.3) is 0 Å². The van der Waals surface area contributed by atoms with Crippen molar-refractivity contribution in [2.45, 2.75) is 96.8 Å². The predicted octanol–water partition coefficient (Wildman–Crippen LogP) is 4.68. The number of alkyl carbamates (subject to hydrolysis) is 1. The number of nitrogens with one attached hydrogen (secondary N) is 3. The first-order valence-electron chi connectivity index (χ1n) is 12.0. The Balaban J connectivity index is 3.02. The Morgan fingerprint density at radius 1 is 0.861 bits per heavy atom. The van der Waals surface area contributed by atoms with Crippen molar-refractivity contribution in [1.82, 2.24) is 10.6 Å². The number of esters is 1. The Morgan fingerprint density at radius 2 is 1.42 bits per heavy atom. The van der Waals surface area contributed by atoms with E-state index in [0.717, 1.165) is 5.56 Å². The predicted molar refractivity (Wildman–Crippen MR) is 143 cm³/mol. The zero-order chi connectivity index (χ0) is 27.7. The van der Waals surface area contributed by atoms with Gasteiger partial charge in [0.1, 0.15) is 23.3 Å². The van der Waals surface area contributed by atoms with Crippen LogP contribution in [0.4, 0.5) is 10.5 Å². The van der Waals surface area contributed by atoms with Crippen molar-refractivity contribution in [3.63, 3.8) is 0 Å². The molecular formula is C26H40BrN3O6. The van der Waals surface area contributed by atoms with E-state index in [-0.39, 0.29) is 18.8 Å². The van der Waals surface area contributed by atoms with Gasteiger partial charge in [-0.25, -0.2) is 4.79 Å². The summed E-state index contributed by atoms with van der Waals surface area (Å²) in [6, 6.07) is 5.23. The summed E-state index contributed by atoms with van der Waals surface area (Å²) in [5, 5.41) is 8.72. The largest absolute Gasteiger partial charge is 0.460 e. The maximum Gasteiger partial charge on any atom is 0.408 e. The number of alkyl halides is 1. The van der Waals surface area contributed by atoms with Gasteiger partial charge in [-0.15, -0.1) is 0 Å². The Hall–Kier alpha value is -2.62. The van der Waals surface area contributed by atoms with Gasteiger partial charge in [-0.1, -0.05) is 41.9 Å². The molecule has 0 saturated carbocycles. The Morgan fingerprint density at radius 3 is 1.89 bits per heavy atom. The van der Waals surface area contributed by atoms with Crippen LogP contribution in [-0.2, 0) is 29.2 Å². The molecule has 0 fully saturated rings. The molecular weight excluding hydrogens is 530 g/mol. The zero-order valence-electron chi connectivity index (χ0n) is 22.5. The zero-order valence-corrected chi connectivity index (χ0v) is 24.1. The second-order valence-electron chi connectivity index (χ2n) is 10.9. The molecule has 3 N–H and O–H groups in total. The molecule has 36 heavy (non-hydrogen) atoms. The van der Waals surface area contributed by atoms with Crippen LogP contribution >= 0.6 is 15.9 Å². The van der Waals surface area contributed by atoms with Crippen molar-refractivity contribution in [3.05, 3.63) is 29.8 Å². The van der Waals surface area contributed by atoms with Gasteiger partial charge in [-0.3, -0.25) is 14.4 Å². The van der Waals surface area contributed by atoms with Gasteiger partial charge in [-0.05, 0) is 71.6 Å². The molecule has 10 heteroatoms. The van der Waals surface area contributed by atoms with E-state index < -0.39 is 47.2 Å². The molecule has 3 amide bonds. The number of carbonyl (C=O) groups is 4. The van der Waals surface area contributed by atoms with Gasteiger partial charge in [0.05, 0.1) is 0 Å². The minimum absolute atomic E-state index is 0.0171. The number of rotatable bonds is 10. The topological polar surface area (TPSA) is 123 Å². The molecule has 0 radical (unpaired) electrons. The molecule has 2 unspecified atom stereocenters. The average molecular weight is 571 g/mol. The molecule has 0 spiro atoms. The molecule has 2 atom stereocenters. The van der Waals surface area contributed by atoms with Crippen molar-refractivity contribution in [3.8, 4) is 0 Å². The van der Waals surface area contributed by atoms with Crippen LogP contribution in [0.5, 0.6) is 0 Å². The summed E-state index contributed by atoms with van der Waals surface area (Å²) >= 11 is 3.38. The van der Waals surface area contributed by atoms with Crippen LogP contribution in [0, 0.1) is 5.92 Å². The van der Waals surface area contributed by atoms with Crippen molar-refractivity contribution < 1.29 is 28.7 Å². The number of anilines is 1. The van der Waals surface area contributed by atoms with Gasteiger partial charge in [0.25, 0.3) is 0 Å². The summed E-state index contributed by atoms with van der Waals surface area (Å²) in [7, 11) is 0. The van der Waals surface area contributed by atoms with Gasteiger partial charge in [0, 0.05) is 17.4 Å². The third-order valence-corrected chi connectivity index (χ3v) is 5.33. The first kappa shape index (κ1) is 31.4. The lowest BCUT2D eigenvalue weighted by Crippen LogP contribution is -2.55. The number of ether oxygens (including phenoxy) is 2. The lowest BCUT2D eigenvalue weighted by molar-refractivity contribution is -0.155. The van der Waals surface area contributed by atoms with Gasteiger partial charge < -0.3 is 25.4 Å². The first-order valence-corrected chi connectivity index (χ1v) is 13.1. The molecule has 202 valence electrons. The second-order valence-corrected chi connectivity index (χ2v) is 11.4. The number of benzene rings is 1. The Kier molecular flexibility index (Phi) is 11.9. The Labute approximate surface area is 222 Å². The molecule has 0 bridgehead atoms. The smallest absolute Gasteiger partial charge is 0.408 e. The molecule has 0 aliphatic heterocycles. The molecule has 0 aliphatic rings. The number of carbonyl (C=O) groups excluding carboxylic acids is 4. The fourth-order valence-corrected chi connectivity index (χ4v) is 3.43. The number of hydrogen-bond acceptors (Lipinski definition) is 6. The highest BCUT2D eigenvalue weighted by Gasteiger charge is 2.31. The fraction of sp³-hybridized carbons (Fsp3) is 0.615. The molecule has 9 nitrogen and oxygen atoms in total. The minimum atomic E-state index is -1.04. The summed E-state index contributed by atoms with van der Waals surface area (Å²) in [6.07, 6.45) is -0.800. The van der Waals surface area contributed by atoms with E-state index in [1.54, 1.807) is 67.5 Å². The van der Waals surface area contributed by atoms with E-state index in [9.17, 15) is 19.2 Å². The van der Waals surface area contributed by atoms with Gasteiger partial charge in [-0.2, -0.15) is 0 Å². The first-order chi connectivity index (χ1) is 16.5. The quantitative estimate of drug-likeness (QED) is 0.278. The number of halogens is 1. The summed E-state index contributed by atoms with van der Waals surface area (Å²) in [6.45, 7) is 14.0. The van der Waals surface area contributed by atoms with Crippen molar-refractivity contribution in [2.24, 2.45) is 5.92 Å². The van der Waals surface area contributed by atoms with Crippen molar-refractivity contribution >= 4 is 45.5 Å². The van der Waals surface area contributed by atoms with E-state index in [2.05, 4.69) is 31.9 Å². The van der Waals surface area contributed by atoms with Crippen LogP contribution in [0.1, 0.15) is 73.8 Å². The van der Waals surface area contributed by atoms with E-state index in [1.807, 2.05) is 12.1 Å². The van der Waals surface area contributed by atoms with Crippen LogP contribution < -0.4 is 16.0 Å². The van der Waals surface area contributed by atoms with Crippen molar-refractivity contribution in [2.75, 3.05) is 5.32 Å². The van der Waals surface area contributed by atoms with Crippen LogP contribution in [0.2, 0.25) is 0 Å². The fourth-order valence-electron chi connectivity index (χ4n) is 3.06. The standard InChI is InChI=1S/C26H40BrN3O6/c1-16(2)21(30-24(34)36-26(6,7)8)23(33)29-19(13-14-20(31)35-25(3,4)5)22(32)28-18-11-9-17(15-27)10-12-18/h9-12,16,19,21H,13-15H2,1-8H3,(H,28,32)(H,29,33)(H,30,34). The van der Waals surface area contributed by atoms with Gasteiger partial charge in [0.2, 0.25) is 11.8 Å². The Bertz CT molecular complexity index is 904. The highest BCUT2D eigenvalue weighted by atomic mass is 79.9. The highest BCUT2D eigenvalue weighted by Crippen LogP contribution is 2.15. The summed E-state index contributed by atoms with van der Waals surface area (Å²) in [5.74, 6) is -1.82. The molecule has 0 aliphatic carbocycles. The molecule has 0 saturated heterocycles. The summed E-state index contributed by atoms with van der Waals surface area (Å²) in [4.78, 5) is 50.8. The summed E-state index contributed by atoms with van der Waals surface area (Å²) < 4.78 is 10.6. The third-order valence-electron chi connectivity index (χ3n) is 4.69. The monoisotopic (exact) mass is 569 g/mol. The third kappa shape index (κ3) is 12.4. The van der Waals surface area contributed by atoms with Crippen LogP contribution in [-0.4, -0.2) is 47.2 Å². The SMILES string of the molecule is CC(C)C(NC(=O)OC(C)(C)C)C(=O)NC(CCC(=O)OC(C)(C)C)C(=O)Nc1ccc(CBr)cc1. The molecule has 1 aromatic rings. The van der Waals surface area contributed by atoms with Crippen LogP contribution in [0.15, 0.2) is 24.3 Å².